The van der Waals surface area contributed by atoms with E-state index >= 15 is 0 Å². The van der Waals surface area contributed by atoms with Gasteiger partial charge in [-0.3, -0.25) is 9.69 Å². The van der Waals surface area contributed by atoms with Crippen LogP contribution in [0.2, 0.25) is 18.1 Å². The maximum atomic E-state index is 13.3. The van der Waals surface area contributed by atoms with Crippen molar-refractivity contribution in [1.29, 1.82) is 0 Å². The van der Waals surface area contributed by atoms with Gasteiger partial charge in [-0.25, -0.2) is 9.59 Å². The van der Waals surface area contributed by atoms with Crippen molar-refractivity contribution in [2.24, 2.45) is 17.6 Å². The Morgan fingerprint density at radius 2 is 1.91 bits per heavy atom. The molecule has 3 rings (SSSR count). The Labute approximate surface area is 200 Å². The van der Waals surface area contributed by atoms with Crippen LogP contribution < -0.4 is 11.1 Å². The topological polar surface area (TPSA) is 114 Å². The lowest BCUT2D eigenvalue weighted by molar-refractivity contribution is -0.161. The SMILES string of the molecule is CC[Si](CC)(CC)O[C@H](C)C1C(=O)N2C(C(=O)OP)=C(CN3CC[C@H](NC(N)=O)C3)[C@H](C)[C@H]12. The number of nitrogens with two attached hydrogens (primary N) is 1. The molecule has 186 valence electrons. The zero-order valence-corrected chi connectivity index (χ0v) is 22.6. The maximum Gasteiger partial charge on any atom is 0.357 e. The molecule has 3 heterocycles. The molecule has 0 bridgehead atoms. The van der Waals surface area contributed by atoms with Gasteiger partial charge < -0.3 is 24.9 Å². The summed E-state index contributed by atoms with van der Waals surface area (Å²) in [6.45, 7) is 12.6. The molecule has 3 aliphatic rings. The number of amides is 3. The third kappa shape index (κ3) is 4.85. The minimum absolute atomic E-state index is 0.00742. The lowest BCUT2D eigenvalue weighted by atomic mass is 9.77. The van der Waals surface area contributed by atoms with Gasteiger partial charge in [0.15, 0.2) is 8.32 Å². The second-order valence-electron chi connectivity index (χ2n) is 9.59. The quantitative estimate of drug-likeness (QED) is 0.271. The van der Waals surface area contributed by atoms with Gasteiger partial charge in [0.2, 0.25) is 5.91 Å². The molecule has 3 N–H and O–H groups in total. The third-order valence-corrected chi connectivity index (χ3v) is 12.9. The number of carbonyl (C=O) groups excluding carboxylic acids is 3. The van der Waals surface area contributed by atoms with Crippen molar-refractivity contribution >= 4 is 35.7 Å². The summed E-state index contributed by atoms with van der Waals surface area (Å²) < 4.78 is 11.6. The van der Waals surface area contributed by atoms with Crippen LogP contribution in [0.25, 0.3) is 0 Å². The average Bonchev–Trinajstić information content (AvgIpc) is 3.32. The fraction of sp³-hybridized carbons (Fsp3) is 0.773. The smallest absolute Gasteiger partial charge is 0.357 e. The second-order valence-corrected chi connectivity index (χ2v) is 14.5. The predicted octanol–water partition coefficient (Wildman–Crippen LogP) is 2.20. The highest BCUT2D eigenvalue weighted by atomic mass is 31.0. The zero-order valence-electron chi connectivity index (χ0n) is 20.4. The van der Waals surface area contributed by atoms with E-state index < -0.39 is 20.3 Å². The normalized spacial score (nSPS) is 28.5. The first-order valence-corrected chi connectivity index (χ1v) is 15.1. The van der Waals surface area contributed by atoms with Crippen LogP contribution in [0.3, 0.4) is 0 Å². The molecule has 0 aromatic rings. The largest absolute Gasteiger partial charge is 0.447 e. The summed E-state index contributed by atoms with van der Waals surface area (Å²) in [7, 11) is 0.133. The molecule has 9 nitrogen and oxygen atoms in total. The molecule has 6 atom stereocenters. The molecule has 2 unspecified atom stereocenters. The van der Waals surface area contributed by atoms with Gasteiger partial charge in [0.1, 0.15) is 5.70 Å². The lowest BCUT2D eigenvalue weighted by Crippen LogP contribution is -2.65. The highest BCUT2D eigenvalue weighted by Gasteiger charge is 2.61. The van der Waals surface area contributed by atoms with Gasteiger partial charge in [-0.15, -0.1) is 0 Å². The molecular weight excluding hydrogens is 459 g/mol. The van der Waals surface area contributed by atoms with Crippen LogP contribution in [0.4, 0.5) is 4.79 Å². The summed E-state index contributed by atoms with van der Waals surface area (Å²) in [5.74, 6) is -0.804. The number of carbonyl (C=O) groups is 3. The van der Waals surface area contributed by atoms with Crippen LogP contribution in [0.15, 0.2) is 11.3 Å². The van der Waals surface area contributed by atoms with Crippen LogP contribution in [0.5, 0.6) is 0 Å². The number of β-lactam (4-membered cyclic amide) rings is 1. The molecule has 0 aromatic carbocycles. The second kappa shape index (κ2) is 10.4. The summed E-state index contributed by atoms with van der Waals surface area (Å²) in [6.07, 6.45) is 0.613. The van der Waals surface area contributed by atoms with Gasteiger partial charge in [-0.1, -0.05) is 27.7 Å². The van der Waals surface area contributed by atoms with E-state index in [4.69, 9.17) is 14.7 Å². The lowest BCUT2D eigenvalue weighted by Gasteiger charge is -2.49. The van der Waals surface area contributed by atoms with Crippen molar-refractivity contribution < 1.29 is 23.3 Å². The number of rotatable bonds is 10. The van der Waals surface area contributed by atoms with Gasteiger partial charge in [0.25, 0.3) is 0 Å². The Morgan fingerprint density at radius 3 is 2.45 bits per heavy atom. The van der Waals surface area contributed by atoms with E-state index in [0.717, 1.165) is 36.7 Å². The minimum Gasteiger partial charge on any atom is -0.447 e. The standard InChI is InChI=1S/C22H39N4O5PSi/c1-6-33(7-2,8-3)31-14(5)17-18-13(4)16(19(21(28)30-32)26(18)20(17)27)12-25-10-9-15(11-25)24-22(23)29/h13-15,17-18H,6-12,32H2,1-5H3,(H3,23,24,29)/t13-,14+,15-,17?,18+/m0/s1. The Kier molecular flexibility index (Phi) is 8.25. The number of primary amides is 1. The molecule has 0 spiro atoms. The molecule has 33 heavy (non-hydrogen) atoms. The average molecular weight is 499 g/mol. The minimum atomic E-state index is -1.87. The van der Waals surface area contributed by atoms with E-state index in [-0.39, 0.29) is 35.9 Å². The van der Waals surface area contributed by atoms with Crippen molar-refractivity contribution in [2.75, 3.05) is 19.6 Å². The molecule has 2 fully saturated rings. The number of hydrogen-bond donors (Lipinski definition) is 2. The fourth-order valence-electron chi connectivity index (χ4n) is 5.89. The summed E-state index contributed by atoms with van der Waals surface area (Å²) in [6, 6.07) is 2.45. The number of hydrogen-bond acceptors (Lipinski definition) is 6. The van der Waals surface area contributed by atoms with E-state index in [1.54, 1.807) is 4.90 Å². The van der Waals surface area contributed by atoms with Gasteiger partial charge in [0, 0.05) is 31.6 Å². The monoisotopic (exact) mass is 498 g/mol. The molecule has 0 aromatic heterocycles. The number of likely N-dealkylation sites (tertiary alicyclic amines) is 1. The summed E-state index contributed by atoms with van der Waals surface area (Å²) >= 11 is 0. The number of nitrogens with one attached hydrogen (secondary N) is 1. The highest BCUT2D eigenvalue weighted by Crippen LogP contribution is 2.49. The molecular formula is C22H39N4O5PSi. The van der Waals surface area contributed by atoms with Gasteiger partial charge in [-0.2, -0.15) is 0 Å². The van der Waals surface area contributed by atoms with Crippen molar-refractivity contribution in [3.05, 3.63) is 11.3 Å². The van der Waals surface area contributed by atoms with Crippen LogP contribution in [-0.4, -0.2) is 73.8 Å². The van der Waals surface area contributed by atoms with Crippen LogP contribution in [0, 0.1) is 11.8 Å². The van der Waals surface area contributed by atoms with Crippen LogP contribution >= 0.6 is 9.47 Å². The van der Waals surface area contributed by atoms with E-state index in [2.05, 4.69) is 37.9 Å². The van der Waals surface area contributed by atoms with Gasteiger partial charge in [-0.05, 0) is 37.0 Å². The Bertz CT molecular complexity index is 812. The Balaban J connectivity index is 1.79. The van der Waals surface area contributed by atoms with Crippen LogP contribution in [0.1, 0.15) is 41.0 Å². The maximum absolute atomic E-state index is 13.3. The fourth-order valence-corrected chi connectivity index (χ4v) is 8.94. The van der Waals surface area contributed by atoms with E-state index in [0.29, 0.717) is 18.8 Å². The highest BCUT2D eigenvalue weighted by molar-refractivity contribution is 7.10. The summed E-state index contributed by atoms with van der Waals surface area (Å²) in [4.78, 5) is 41.1. The van der Waals surface area contributed by atoms with Gasteiger partial charge in [0.05, 0.1) is 27.5 Å². The summed E-state index contributed by atoms with van der Waals surface area (Å²) in [5.41, 5.74) is 6.55. The molecule has 0 aliphatic carbocycles. The predicted molar refractivity (Wildman–Crippen MR) is 131 cm³/mol. The van der Waals surface area contributed by atoms with Crippen molar-refractivity contribution in [1.82, 2.24) is 15.1 Å². The zero-order chi connectivity index (χ0) is 24.5. The first kappa shape index (κ1) is 26.1. The number of urea groups is 1. The van der Waals surface area contributed by atoms with Crippen molar-refractivity contribution in [2.45, 2.75) is 77.4 Å². The molecule has 0 saturated carbocycles. The Morgan fingerprint density at radius 1 is 1.27 bits per heavy atom. The third-order valence-electron chi connectivity index (χ3n) is 7.98. The number of fused-ring (bicyclic) bond motifs is 1. The molecule has 11 heteroatoms. The molecule has 2 saturated heterocycles. The van der Waals surface area contributed by atoms with E-state index in [1.165, 1.54) is 0 Å². The first-order valence-electron chi connectivity index (χ1n) is 12.1. The summed E-state index contributed by atoms with van der Waals surface area (Å²) in [5, 5.41) is 2.76. The van der Waals surface area contributed by atoms with Crippen LogP contribution in [-0.2, 0) is 18.5 Å². The Hall–Kier alpha value is -1.48. The van der Waals surface area contributed by atoms with E-state index in [1.807, 2.05) is 16.4 Å². The van der Waals surface area contributed by atoms with Crippen molar-refractivity contribution in [3.63, 3.8) is 0 Å². The van der Waals surface area contributed by atoms with Gasteiger partial charge >= 0.3 is 12.0 Å². The molecule has 0 radical (unpaired) electrons. The van der Waals surface area contributed by atoms with Crippen molar-refractivity contribution in [3.8, 4) is 0 Å². The molecule has 3 aliphatic heterocycles. The van der Waals surface area contributed by atoms with E-state index in [9.17, 15) is 14.4 Å². The first-order chi connectivity index (χ1) is 15.6. The number of nitrogens with zero attached hydrogens (tertiary/aromatic N) is 2. The molecule has 3 amide bonds.